The molecule has 4 heterocycles. The van der Waals surface area contributed by atoms with Crippen molar-refractivity contribution in [1.29, 1.82) is 5.41 Å². The predicted molar refractivity (Wildman–Crippen MR) is 141 cm³/mol. The van der Waals surface area contributed by atoms with Crippen molar-refractivity contribution >= 4 is 11.5 Å². The van der Waals surface area contributed by atoms with Crippen LogP contribution in [0.25, 0.3) is 11.4 Å². The molecule has 206 valence electrons. The van der Waals surface area contributed by atoms with Gasteiger partial charge in [0.2, 0.25) is 5.88 Å². The van der Waals surface area contributed by atoms with E-state index in [0.717, 1.165) is 36.0 Å². The van der Waals surface area contributed by atoms with Crippen LogP contribution < -0.4 is 15.0 Å². The molecule has 9 nitrogen and oxygen atoms in total. The average Bonchev–Trinajstić information content (AvgIpc) is 3.67. The Hall–Kier alpha value is -3.96. The van der Waals surface area contributed by atoms with Crippen molar-refractivity contribution in [1.82, 2.24) is 29.8 Å². The summed E-state index contributed by atoms with van der Waals surface area (Å²) in [6.45, 7) is 4.70. The summed E-state index contributed by atoms with van der Waals surface area (Å²) >= 11 is 0. The number of pyridine rings is 1. The maximum atomic E-state index is 13.3. The van der Waals surface area contributed by atoms with E-state index < -0.39 is 11.9 Å². The molecule has 12 heteroatoms. The third kappa shape index (κ3) is 5.19. The first-order chi connectivity index (χ1) is 18.6. The number of ether oxygens (including phenoxy) is 1. The summed E-state index contributed by atoms with van der Waals surface area (Å²) in [6.07, 6.45) is 2.27. The van der Waals surface area contributed by atoms with Crippen molar-refractivity contribution < 1.29 is 17.9 Å². The number of alkyl halides is 3. The van der Waals surface area contributed by atoms with Gasteiger partial charge in [-0.3, -0.25) is 5.41 Å². The van der Waals surface area contributed by atoms with Crippen molar-refractivity contribution in [3.8, 4) is 17.3 Å². The SMILES string of the molecule is CNC1=C(C(=N)c2c(OC)ncnc2C2CC2)CN(c2ccc(-c3nc(C(F)(F)F)cn3C(C)C)cn2)CC1. The van der Waals surface area contributed by atoms with E-state index >= 15 is 0 Å². The summed E-state index contributed by atoms with van der Waals surface area (Å²) < 4.78 is 47.0. The van der Waals surface area contributed by atoms with E-state index in [1.54, 1.807) is 25.4 Å². The van der Waals surface area contributed by atoms with Crippen LogP contribution in [0.15, 0.2) is 42.1 Å². The topological polar surface area (TPSA) is 105 Å². The summed E-state index contributed by atoms with van der Waals surface area (Å²) in [4.78, 5) is 19.3. The maximum absolute atomic E-state index is 13.3. The molecule has 1 aliphatic carbocycles. The number of imidazole rings is 1. The van der Waals surface area contributed by atoms with E-state index in [-0.39, 0.29) is 11.9 Å². The zero-order valence-corrected chi connectivity index (χ0v) is 22.3. The van der Waals surface area contributed by atoms with Crippen LogP contribution in [0.5, 0.6) is 5.88 Å². The van der Waals surface area contributed by atoms with E-state index in [2.05, 4.69) is 30.2 Å². The molecule has 3 aromatic rings. The second kappa shape index (κ2) is 10.3. The fourth-order valence-electron chi connectivity index (χ4n) is 4.90. The van der Waals surface area contributed by atoms with Gasteiger partial charge in [-0.1, -0.05) is 0 Å². The van der Waals surface area contributed by atoms with Crippen LogP contribution in [0.2, 0.25) is 0 Å². The van der Waals surface area contributed by atoms with Gasteiger partial charge in [-0.15, -0.1) is 0 Å². The minimum Gasteiger partial charge on any atom is -0.480 e. The second-order valence-corrected chi connectivity index (χ2v) is 10.0. The Bertz CT molecular complexity index is 1410. The largest absolute Gasteiger partial charge is 0.480 e. The first kappa shape index (κ1) is 26.6. The standard InChI is InChI=1S/C27H31F3N8O/c1-15(2)38-13-20(27(28,29)30)36-25(38)17-7-8-21(33-11-17)37-10-9-19(32-3)18(12-37)23(31)22-24(16-5-6-16)34-14-35-26(22)39-4/h7-8,11,13-16,31-32H,5-6,9-10,12H2,1-4H3. The van der Waals surface area contributed by atoms with Crippen molar-refractivity contribution in [2.24, 2.45) is 0 Å². The van der Waals surface area contributed by atoms with Gasteiger partial charge in [-0.05, 0) is 38.8 Å². The van der Waals surface area contributed by atoms with Crippen LogP contribution in [0.3, 0.4) is 0 Å². The molecule has 3 aromatic heterocycles. The Balaban J connectivity index is 1.43. The molecular weight excluding hydrogens is 509 g/mol. The number of anilines is 1. The van der Waals surface area contributed by atoms with Gasteiger partial charge in [-0.25, -0.2) is 19.9 Å². The van der Waals surface area contributed by atoms with E-state index in [4.69, 9.17) is 4.74 Å². The fourth-order valence-corrected chi connectivity index (χ4v) is 4.90. The van der Waals surface area contributed by atoms with E-state index in [1.807, 2.05) is 20.9 Å². The van der Waals surface area contributed by atoms with Gasteiger partial charge in [0.05, 0.1) is 24.1 Å². The predicted octanol–water partition coefficient (Wildman–Crippen LogP) is 4.97. The Labute approximate surface area is 224 Å². The van der Waals surface area contributed by atoms with Crippen LogP contribution in [-0.2, 0) is 6.18 Å². The van der Waals surface area contributed by atoms with Gasteiger partial charge in [0, 0.05) is 67.7 Å². The lowest BCUT2D eigenvalue weighted by atomic mass is 9.94. The molecule has 0 spiro atoms. The number of nitrogens with zero attached hydrogens (tertiary/aromatic N) is 6. The highest BCUT2D eigenvalue weighted by Gasteiger charge is 2.36. The molecule has 0 amide bonds. The minimum atomic E-state index is -4.53. The summed E-state index contributed by atoms with van der Waals surface area (Å²) in [5.74, 6) is 1.58. The number of rotatable bonds is 8. The van der Waals surface area contributed by atoms with Crippen molar-refractivity contribution in [3.63, 3.8) is 0 Å². The van der Waals surface area contributed by atoms with E-state index in [1.165, 1.54) is 10.9 Å². The first-order valence-electron chi connectivity index (χ1n) is 12.9. The van der Waals surface area contributed by atoms with Gasteiger partial charge >= 0.3 is 6.18 Å². The highest BCUT2D eigenvalue weighted by Crippen LogP contribution is 2.43. The first-order valence-corrected chi connectivity index (χ1v) is 12.9. The molecule has 0 aromatic carbocycles. The lowest BCUT2D eigenvalue weighted by molar-refractivity contribution is -0.140. The molecule has 5 rings (SSSR count). The van der Waals surface area contributed by atoms with Crippen molar-refractivity contribution in [2.45, 2.75) is 51.2 Å². The smallest absolute Gasteiger partial charge is 0.434 e. The van der Waals surface area contributed by atoms with Crippen LogP contribution in [0.1, 0.15) is 62.0 Å². The molecule has 0 unspecified atom stereocenters. The molecule has 39 heavy (non-hydrogen) atoms. The molecule has 1 fully saturated rings. The van der Waals surface area contributed by atoms with Crippen LogP contribution in [0.4, 0.5) is 19.0 Å². The summed E-state index contributed by atoms with van der Waals surface area (Å²) in [5.41, 5.74) is 3.11. The molecule has 1 saturated carbocycles. The van der Waals surface area contributed by atoms with Crippen LogP contribution in [0, 0.1) is 5.41 Å². The van der Waals surface area contributed by atoms with Crippen molar-refractivity contribution in [3.05, 3.63) is 59.1 Å². The molecule has 1 aliphatic heterocycles. The quantitative estimate of drug-likeness (QED) is 0.389. The van der Waals surface area contributed by atoms with Gasteiger partial charge < -0.3 is 19.5 Å². The Morgan fingerprint density at radius 2 is 1.95 bits per heavy atom. The van der Waals surface area contributed by atoms with Gasteiger partial charge in [0.25, 0.3) is 0 Å². The Morgan fingerprint density at radius 1 is 1.18 bits per heavy atom. The molecule has 0 radical (unpaired) electrons. The molecule has 2 N–H and O–H groups in total. The number of aromatic nitrogens is 5. The molecule has 2 aliphatic rings. The fraction of sp³-hybridized carbons (Fsp3) is 0.444. The third-order valence-electron chi connectivity index (χ3n) is 7.11. The highest BCUT2D eigenvalue weighted by molar-refractivity contribution is 6.13. The lowest BCUT2D eigenvalue weighted by Gasteiger charge is -2.32. The zero-order chi connectivity index (χ0) is 27.9. The number of hydrogen-bond acceptors (Lipinski definition) is 8. The summed E-state index contributed by atoms with van der Waals surface area (Å²) in [7, 11) is 3.39. The maximum Gasteiger partial charge on any atom is 0.434 e. The third-order valence-corrected chi connectivity index (χ3v) is 7.11. The van der Waals surface area contributed by atoms with Gasteiger partial charge in [0.1, 0.15) is 18.0 Å². The molecule has 0 atom stereocenters. The number of halogens is 3. The molecule has 0 saturated heterocycles. The highest BCUT2D eigenvalue weighted by atomic mass is 19.4. The van der Waals surface area contributed by atoms with E-state index in [0.29, 0.717) is 54.0 Å². The van der Waals surface area contributed by atoms with E-state index in [9.17, 15) is 18.6 Å². The average molecular weight is 541 g/mol. The van der Waals surface area contributed by atoms with Crippen LogP contribution in [-0.4, -0.2) is 57.5 Å². The van der Waals surface area contributed by atoms with Gasteiger partial charge in [0.15, 0.2) is 5.69 Å². The van der Waals surface area contributed by atoms with Crippen LogP contribution >= 0.6 is 0 Å². The number of hydrogen-bond donors (Lipinski definition) is 2. The molecule has 0 bridgehead atoms. The number of methoxy groups -OCH3 is 1. The number of nitrogens with one attached hydrogen (secondary N) is 2. The minimum absolute atomic E-state index is 0.205. The second-order valence-electron chi connectivity index (χ2n) is 10.0. The zero-order valence-electron chi connectivity index (χ0n) is 22.3. The summed E-state index contributed by atoms with van der Waals surface area (Å²) in [5, 5.41) is 12.4. The van der Waals surface area contributed by atoms with Gasteiger partial charge in [-0.2, -0.15) is 13.2 Å². The lowest BCUT2D eigenvalue weighted by Crippen LogP contribution is -2.37. The summed E-state index contributed by atoms with van der Waals surface area (Å²) in [6, 6.07) is 3.32. The Morgan fingerprint density at radius 3 is 2.54 bits per heavy atom. The normalized spacial score (nSPS) is 16.2. The monoisotopic (exact) mass is 540 g/mol. The Kier molecular flexibility index (Phi) is 7.04. The molecular formula is C27H31F3N8O. The van der Waals surface area contributed by atoms with Crippen molar-refractivity contribution in [2.75, 3.05) is 32.1 Å².